The van der Waals surface area contributed by atoms with Gasteiger partial charge in [0.15, 0.2) is 0 Å². The van der Waals surface area contributed by atoms with Gasteiger partial charge in [0.1, 0.15) is 11.3 Å². The molecule has 2 N–H and O–H groups in total. The Kier molecular flexibility index (Phi) is 3.83. The summed E-state index contributed by atoms with van der Waals surface area (Å²) in [5.41, 5.74) is 0.986. The number of nitrogens with one attached hydrogen (secondary N) is 1. The molecule has 0 aliphatic carbocycles. The molecular weight excluding hydrogens is 325 g/mol. The smallest absolute Gasteiger partial charge is 0.256 e. The van der Waals surface area contributed by atoms with Crippen molar-refractivity contribution in [3.63, 3.8) is 0 Å². The number of aromatic nitrogens is 2. The molecule has 7 heteroatoms. The van der Waals surface area contributed by atoms with Gasteiger partial charge in [0, 0.05) is 29.5 Å². The van der Waals surface area contributed by atoms with Crippen LogP contribution in [0, 0.1) is 0 Å². The first-order chi connectivity index (χ1) is 10.6. The Morgan fingerprint density at radius 2 is 1.86 bits per heavy atom. The first-order valence-corrected chi connectivity index (χ1v) is 7.00. The molecule has 3 rings (SSSR count). The normalized spacial score (nSPS) is 10.6. The van der Waals surface area contributed by atoms with Gasteiger partial charge in [-0.05, 0) is 18.2 Å². The van der Waals surface area contributed by atoms with Crippen LogP contribution in [0.3, 0.4) is 0 Å². The number of nitrogens with zero attached hydrogens (tertiary/aromatic N) is 2. The molecule has 0 radical (unpaired) electrons. The minimum absolute atomic E-state index is 0.00660. The van der Waals surface area contributed by atoms with Crippen molar-refractivity contribution >= 4 is 45.7 Å². The van der Waals surface area contributed by atoms with Gasteiger partial charge in [0.05, 0.1) is 15.7 Å². The number of hydrogen-bond donors (Lipinski definition) is 2. The standard InChI is InChI=1S/C15H9Cl2N3O2/c16-10-6-18-7-11(17)14(10)20-15(22)9-3-4-12(21)13-8(9)2-1-5-19-13/h1-7,21H,(H,18,20,22). The summed E-state index contributed by atoms with van der Waals surface area (Å²) in [7, 11) is 0. The van der Waals surface area contributed by atoms with Crippen molar-refractivity contribution in [1.82, 2.24) is 9.97 Å². The van der Waals surface area contributed by atoms with Crippen LogP contribution in [-0.4, -0.2) is 21.0 Å². The second kappa shape index (κ2) is 5.79. The number of rotatable bonds is 2. The number of anilines is 1. The van der Waals surface area contributed by atoms with Crippen LogP contribution in [0.25, 0.3) is 10.9 Å². The molecule has 0 unspecified atom stereocenters. The molecule has 0 saturated heterocycles. The highest BCUT2D eigenvalue weighted by molar-refractivity contribution is 6.39. The molecule has 0 spiro atoms. The van der Waals surface area contributed by atoms with E-state index in [9.17, 15) is 9.90 Å². The van der Waals surface area contributed by atoms with Gasteiger partial charge < -0.3 is 10.4 Å². The summed E-state index contributed by atoms with van der Waals surface area (Å²) >= 11 is 12.0. The van der Waals surface area contributed by atoms with E-state index in [-0.39, 0.29) is 21.5 Å². The Labute approximate surface area is 135 Å². The van der Waals surface area contributed by atoms with Gasteiger partial charge in [0.25, 0.3) is 5.91 Å². The molecular formula is C15H9Cl2N3O2. The number of carbonyl (C=O) groups is 1. The van der Waals surface area contributed by atoms with E-state index in [1.165, 1.54) is 24.5 Å². The van der Waals surface area contributed by atoms with E-state index in [4.69, 9.17) is 23.2 Å². The second-order valence-electron chi connectivity index (χ2n) is 4.46. The molecule has 1 aromatic carbocycles. The molecule has 22 heavy (non-hydrogen) atoms. The molecule has 0 aliphatic rings. The molecule has 0 bridgehead atoms. The maximum absolute atomic E-state index is 12.5. The van der Waals surface area contributed by atoms with E-state index < -0.39 is 5.91 Å². The summed E-state index contributed by atoms with van der Waals surface area (Å²) in [6, 6.07) is 6.31. The largest absolute Gasteiger partial charge is 0.506 e. The third kappa shape index (κ3) is 2.56. The lowest BCUT2D eigenvalue weighted by Gasteiger charge is -2.10. The SMILES string of the molecule is O=C(Nc1c(Cl)cncc1Cl)c1ccc(O)c2ncccc12. The van der Waals surface area contributed by atoms with Gasteiger partial charge in [-0.1, -0.05) is 29.3 Å². The minimum atomic E-state index is -0.409. The van der Waals surface area contributed by atoms with E-state index in [0.717, 1.165) is 0 Å². The molecule has 0 atom stereocenters. The van der Waals surface area contributed by atoms with Crippen molar-refractivity contribution in [2.45, 2.75) is 0 Å². The van der Waals surface area contributed by atoms with Crippen LogP contribution in [0.1, 0.15) is 10.4 Å². The zero-order valence-corrected chi connectivity index (χ0v) is 12.6. The number of benzene rings is 1. The average Bonchev–Trinajstić information content (AvgIpc) is 2.51. The Morgan fingerprint density at radius 3 is 2.59 bits per heavy atom. The number of amides is 1. The minimum Gasteiger partial charge on any atom is -0.506 e. The molecule has 0 saturated carbocycles. The van der Waals surface area contributed by atoms with E-state index in [1.54, 1.807) is 18.3 Å². The lowest BCUT2D eigenvalue weighted by atomic mass is 10.1. The first kappa shape index (κ1) is 14.6. The van der Waals surface area contributed by atoms with Crippen LogP contribution < -0.4 is 5.32 Å². The maximum Gasteiger partial charge on any atom is 0.256 e. The lowest BCUT2D eigenvalue weighted by molar-refractivity contribution is 0.102. The van der Waals surface area contributed by atoms with Crippen LogP contribution in [0.2, 0.25) is 10.0 Å². The number of halogens is 2. The zero-order valence-electron chi connectivity index (χ0n) is 11.0. The summed E-state index contributed by atoms with van der Waals surface area (Å²) in [6.07, 6.45) is 4.32. The van der Waals surface area contributed by atoms with Crippen LogP contribution in [0.4, 0.5) is 5.69 Å². The van der Waals surface area contributed by atoms with E-state index in [0.29, 0.717) is 16.5 Å². The quantitative estimate of drug-likeness (QED) is 0.745. The molecule has 5 nitrogen and oxygen atoms in total. The van der Waals surface area contributed by atoms with Crippen LogP contribution in [0.5, 0.6) is 5.75 Å². The van der Waals surface area contributed by atoms with Crippen LogP contribution >= 0.6 is 23.2 Å². The Hall–Kier alpha value is -2.37. The molecule has 2 heterocycles. The van der Waals surface area contributed by atoms with Gasteiger partial charge >= 0.3 is 0 Å². The number of aromatic hydroxyl groups is 1. The highest BCUT2D eigenvalue weighted by atomic mass is 35.5. The summed E-state index contributed by atoms with van der Waals surface area (Å²) < 4.78 is 0. The highest BCUT2D eigenvalue weighted by Gasteiger charge is 2.16. The van der Waals surface area contributed by atoms with Gasteiger partial charge in [-0.3, -0.25) is 14.8 Å². The third-order valence-corrected chi connectivity index (χ3v) is 3.66. The Bertz CT molecular complexity index is 864. The molecule has 0 aliphatic heterocycles. The highest BCUT2D eigenvalue weighted by Crippen LogP contribution is 2.30. The molecule has 3 aromatic rings. The molecule has 2 aromatic heterocycles. The Morgan fingerprint density at radius 1 is 1.14 bits per heavy atom. The van der Waals surface area contributed by atoms with E-state index >= 15 is 0 Å². The second-order valence-corrected chi connectivity index (χ2v) is 5.28. The predicted octanol–water partition coefficient (Wildman–Crippen LogP) is 3.89. The fourth-order valence-corrected chi connectivity index (χ4v) is 2.53. The average molecular weight is 334 g/mol. The van der Waals surface area contributed by atoms with Crippen molar-refractivity contribution in [3.8, 4) is 5.75 Å². The fraction of sp³-hybridized carbons (Fsp3) is 0. The predicted molar refractivity (Wildman–Crippen MR) is 85.6 cm³/mol. The van der Waals surface area contributed by atoms with Crippen molar-refractivity contribution in [1.29, 1.82) is 0 Å². The number of pyridine rings is 2. The molecule has 1 amide bonds. The fourth-order valence-electron chi connectivity index (χ4n) is 2.07. The van der Waals surface area contributed by atoms with Gasteiger partial charge in [0.2, 0.25) is 0 Å². The number of phenolic OH excluding ortho intramolecular Hbond substituents is 1. The Balaban J connectivity index is 2.05. The van der Waals surface area contributed by atoms with Crippen molar-refractivity contribution < 1.29 is 9.90 Å². The number of phenols is 1. The van der Waals surface area contributed by atoms with Gasteiger partial charge in [-0.25, -0.2) is 0 Å². The zero-order chi connectivity index (χ0) is 15.7. The number of carbonyl (C=O) groups excluding carboxylic acids is 1. The first-order valence-electron chi connectivity index (χ1n) is 6.25. The van der Waals surface area contributed by atoms with Gasteiger partial charge in [-0.2, -0.15) is 0 Å². The van der Waals surface area contributed by atoms with Crippen molar-refractivity contribution in [2.24, 2.45) is 0 Å². The van der Waals surface area contributed by atoms with E-state index in [2.05, 4.69) is 15.3 Å². The summed E-state index contributed by atoms with van der Waals surface area (Å²) in [6.45, 7) is 0. The molecule has 0 fully saturated rings. The van der Waals surface area contributed by atoms with Gasteiger partial charge in [-0.15, -0.1) is 0 Å². The number of hydrogen-bond acceptors (Lipinski definition) is 4. The maximum atomic E-state index is 12.5. The van der Waals surface area contributed by atoms with Crippen LogP contribution in [-0.2, 0) is 0 Å². The number of fused-ring (bicyclic) bond motifs is 1. The van der Waals surface area contributed by atoms with Crippen LogP contribution in [0.15, 0.2) is 42.9 Å². The summed E-state index contributed by atoms with van der Waals surface area (Å²) in [5.74, 6) is -0.403. The topological polar surface area (TPSA) is 75.1 Å². The summed E-state index contributed by atoms with van der Waals surface area (Å²) in [4.78, 5) is 20.4. The van der Waals surface area contributed by atoms with Crippen molar-refractivity contribution in [3.05, 3.63) is 58.5 Å². The third-order valence-electron chi connectivity index (χ3n) is 3.08. The monoisotopic (exact) mass is 333 g/mol. The lowest BCUT2D eigenvalue weighted by Crippen LogP contribution is -2.13. The molecule has 110 valence electrons. The van der Waals surface area contributed by atoms with Crippen molar-refractivity contribution in [2.75, 3.05) is 5.32 Å². The van der Waals surface area contributed by atoms with E-state index in [1.807, 2.05) is 0 Å². The summed E-state index contributed by atoms with van der Waals surface area (Å²) in [5, 5.41) is 13.5.